The van der Waals surface area contributed by atoms with Gasteiger partial charge in [0.15, 0.2) is 10.8 Å². The normalized spacial score (nSPS) is 11.1. The van der Waals surface area contributed by atoms with Crippen molar-refractivity contribution < 1.29 is 9.53 Å². The molecular formula is C27H25N5O3S. The predicted molar refractivity (Wildman–Crippen MR) is 143 cm³/mol. The number of aromatic nitrogens is 4. The molecule has 3 aromatic heterocycles. The number of hydrogen-bond donors (Lipinski definition) is 1. The van der Waals surface area contributed by atoms with E-state index in [1.54, 1.807) is 31.4 Å². The zero-order valence-electron chi connectivity index (χ0n) is 20.4. The van der Waals surface area contributed by atoms with E-state index in [-0.39, 0.29) is 11.3 Å². The summed E-state index contributed by atoms with van der Waals surface area (Å²) in [5, 5.41) is 10.5. The first-order valence-electron chi connectivity index (χ1n) is 11.5. The number of anilines is 1. The molecule has 3 heterocycles. The Bertz CT molecular complexity index is 1650. The number of fused-ring (bicyclic) bond motifs is 1. The van der Waals surface area contributed by atoms with Crippen molar-refractivity contribution in [3.05, 3.63) is 87.4 Å². The summed E-state index contributed by atoms with van der Waals surface area (Å²) in [6.45, 7) is 6.29. The Morgan fingerprint density at radius 3 is 2.50 bits per heavy atom. The smallest absolute Gasteiger partial charge is 0.278 e. The second-order valence-electron chi connectivity index (χ2n) is 8.33. The van der Waals surface area contributed by atoms with E-state index in [2.05, 4.69) is 33.0 Å². The van der Waals surface area contributed by atoms with Gasteiger partial charge in [-0.05, 0) is 57.2 Å². The van der Waals surface area contributed by atoms with Gasteiger partial charge in [0.05, 0.1) is 18.2 Å². The van der Waals surface area contributed by atoms with Crippen molar-refractivity contribution >= 4 is 33.1 Å². The number of ether oxygens (including phenoxy) is 1. The maximum absolute atomic E-state index is 13.2. The van der Waals surface area contributed by atoms with E-state index < -0.39 is 5.91 Å². The van der Waals surface area contributed by atoms with Crippen LogP contribution in [0, 0.1) is 13.8 Å². The van der Waals surface area contributed by atoms with Crippen LogP contribution in [0.25, 0.3) is 27.7 Å². The van der Waals surface area contributed by atoms with Crippen LogP contribution >= 0.6 is 11.3 Å². The van der Waals surface area contributed by atoms with E-state index in [9.17, 15) is 9.59 Å². The van der Waals surface area contributed by atoms with Crippen molar-refractivity contribution in [3.63, 3.8) is 0 Å². The second kappa shape index (κ2) is 9.43. The highest BCUT2D eigenvalue weighted by atomic mass is 32.1. The lowest BCUT2D eigenvalue weighted by Gasteiger charge is -2.10. The molecule has 0 bridgehead atoms. The van der Waals surface area contributed by atoms with Crippen LogP contribution in [0.4, 0.5) is 5.13 Å². The Balaban J connectivity index is 1.45. The van der Waals surface area contributed by atoms with Crippen LogP contribution in [0.15, 0.2) is 64.8 Å². The predicted octanol–water partition coefficient (Wildman–Crippen LogP) is 5.21. The van der Waals surface area contributed by atoms with Crippen LogP contribution in [0.2, 0.25) is 0 Å². The molecule has 0 saturated carbocycles. The van der Waals surface area contributed by atoms with Crippen LogP contribution < -0.4 is 15.6 Å². The fraction of sp³-hybridized carbons (Fsp3) is 0.185. The maximum atomic E-state index is 13.2. The van der Waals surface area contributed by atoms with Gasteiger partial charge in [-0.2, -0.15) is 5.10 Å². The van der Waals surface area contributed by atoms with Gasteiger partial charge in [0.25, 0.3) is 11.5 Å². The van der Waals surface area contributed by atoms with Gasteiger partial charge < -0.3 is 9.30 Å². The molecule has 0 radical (unpaired) electrons. The highest BCUT2D eigenvalue weighted by Gasteiger charge is 2.19. The minimum atomic E-state index is -0.405. The zero-order chi connectivity index (χ0) is 25.4. The molecular weight excluding hydrogens is 474 g/mol. The summed E-state index contributed by atoms with van der Waals surface area (Å²) >= 11 is 1.35. The lowest BCUT2D eigenvalue weighted by molar-refractivity contribution is 0.102. The lowest BCUT2D eigenvalue weighted by atomic mass is 10.1. The minimum Gasteiger partial charge on any atom is -0.497 e. The number of carbonyl (C=O) groups is 1. The molecule has 1 amide bonds. The van der Waals surface area contributed by atoms with E-state index in [1.165, 1.54) is 16.0 Å². The molecule has 36 heavy (non-hydrogen) atoms. The summed E-state index contributed by atoms with van der Waals surface area (Å²) in [7, 11) is 1.65. The third-order valence-electron chi connectivity index (χ3n) is 6.14. The molecule has 5 rings (SSSR count). The molecule has 1 N–H and O–H groups in total. The Morgan fingerprint density at radius 1 is 1.08 bits per heavy atom. The summed E-state index contributed by atoms with van der Waals surface area (Å²) in [6.07, 6.45) is 0. The number of aryl methyl sites for hydroxylation is 2. The number of nitrogens with zero attached hydrogens (tertiary/aromatic N) is 4. The van der Waals surface area contributed by atoms with Gasteiger partial charge in [0.2, 0.25) is 0 Å². The Hall–Kier alpha value is -4.24. The standard InChI is InChI=1S/C27H25N5O3S/c1-5-31-26(34)21-9-7-6-8-20(21)24(30-31)25(33)29-27-28-23(15-36-27)22-14-16(2)32(17(22)3)18-10-12-19(35-4)13-11-18/h6-15H,5H2,1-4H3,(H,28,29,33). The minimum absolute atomic E-state index is 0.196. The largest absolute Gasteiger partial charge is 0.497 e. The van der Waals surface area contributed by atoms with Gasteiger partial charge in [-0.3, -0.25) is 14.9 Å². The third-order valence-corrected chi connectivity index (χ3v) is 6.90. The molecule has 0 spiro atoms. The van der Waals surface area contributed by atoms with Gasteiger partial charge in [-0.15, -0.1) is 11.3 Å². The molecule has 0 aliphatic carbocycles. The van der Waals surface area contributed by atoms with Crippen molar-refractivity contribution in [2.75, 3.05) is 12.4 Å². The highest BCUT2D eigenvalue weighted by molar-refractivity contribution is 7.14. The van der Waals surface area contributed by atoms with E-state index in [0.29, 0.717) is 22.4 Å². The van der Waals surface area contributed by atoms with Crippen molar-refractivity contribution in [2.24, 2.45) is 0 Å². The van der Waals surface area contributed by atoms with Crippen molar-refractivity contribution in [1.82, 2.24) is 19.3 Å². The van der Waals surface area contributed by atoms with Crippen LogP contribution in [-0.4, -0.2) is 32.3 Å². The summed E-state index contributed by atoms with van der Waals surface area (Å²) < 4.78 is 8.74. The summed E-state index contributed by atoms with van der Waals surface area (Å²) in [6, 6.07) is 17.0. The Labute approximate surface area is 211 Å². The van der Waals surface area contributed by atoms with Gasteiger partial charge in [0.1, 0.15) is 5.75 Å². The fourth-order valence-corrected chi connectivity index (χ4v) is 5.08. The summed E-state index contributed by atoms with van der Waals surface area (Å²) in [4.78, 5) is 30.5. The van der Waals surface area contributed by atoms with E-state index in [1.807, 2.05) is 43.5 Å². The number of carbonyl (C=O) groups excluding carboxylic acids is 1. The van der Waals surface area contributed by atoms with Gasteiger partial charge >= 0.3 is 0 Å². The monoisotopic (exact) mass is 499 g/mol. The number of thiazole rings is 1. The van der Waals surface area contributed by atoms with Gasteiger partial charge in [-0.1, -0.05) is 18.2 Å². The number of methoxy groups -OCH3 is 1. The summed E-state index contributed by atoms with van der Waals surface area (Å²) in [5.74, 6) is 0.399. The van der Waals surface area contributed by atoms with Gasteiger partial charge in [-0.25, -0.2) is 9.67 Å². The number of amides is 1. The average Bonchev–Trinajstić information content (AvgIpc) is 3.47. The Morgan fingerprint density at radius 2 is 1.81 bits per heavy atom. The van der Waals surface area contributed by atoms with E-state index >= 15 is 0 Å². The molecule has 0 aliphatic rings. The molecule has 0 aliphatic heterocycles. The molecule has 182 valence electrons. The summed E-state index contributed by atoms with van der Waals surface area (Å²) in [5.41, 5.74) is 4.90. The van der Waals surface area contributed by atoms with E-state index in [4.69, 9.17) is 4.74 Å². The van der Waals surface area contributed by atoms with Crippen molar-refractivity contribution in [3.8, 4) is 22.7 Å². The fourth-order valence-electron chi connectivity index (χ4n) is 4.38. The quantitative estimate of drug-likeness (QED) is 0.346. The third kappa shape index (κ3) is 4.07. The number of rotatable bonds is 6. The first-order valence-corrected chi connectivity index (χ1v) is 12.4. The van der Waals surface area contributed by atoms with Crippen LogP contribution in [0.3, 0.4) is 0 Å². The molecule has 8 nitrogen and oxygen atoms in total. The van der Waals surface area contributed by atoms with E-state index in [0.717, 1.165) is 34.1 Å². The first kappa shape index (κ1) is 23.5. The second-order valence-corrected chi connectivity index (χ2v) is 9.18. The van der Waals surface area contributed by atoms with Gasteiger partial charge in [0, 0.05) is 39.9 Å². The zero-order valence-corrected chi connectivity index (χ0v) is 21.2. The van der Waals surface area contributed by atoms with Crippen molar-refractivity contribution in [1.29, 1.82) is 0 Å². The van der Waals surface area contributed by atoms with Crippen LogP contribution in [-0.2, 0) is 6.54 Å². The molecule has 0 fully saturated rings. The van der Waals surface area contributed by atoms with Crippen molar-refractivity contribution in [2.45, 2.75) is 27.3 Å². The molecule has 9 heteroatoms. The molecule has 0 saturated heterocycles. The lowest BCUT2D eigenvalue weighted by Crippen LogP contribution is -2.27. The number of hydrogen-bond acceptors (Lipinski definition) is 6. The SMILES string of the molecule is CCn1nc(C(=O)Nc2nc(-c3cc(C)n(-c4ccc(OC)cc4)c3C)cs2)c2ccccc2c1=O. The number of nitrogens with one attached hydrogen (secondary N) is 1. The topological polar surface area (TPSA) is 91.0 Å². The molecule has 2 aromatic carbocycles. The Kier molecular flexibility index (Phi) is 6.15. The molecule has 5 aromatic rings. The number of benzene rings is 2. The average molecular weight is 500 g/mol. The maximum Gasteiger partial charge on any atom is 0.278 e. The first-order chi connectivity index (χ1) is 17.4. The highest BCUT2D eigenvalue weighted by Crippen LogP contribution is 2.32. The molecule has 0 atom stereocenters. The van der Waals surface area contributed by atoms with Crippen LogP contribution in [0.5, 0.6) is 5.75 Å². The molecule has 0 unspecified atom stereocenters. The van der Waals surface area contributed by atoms with Crippen LogP contribution in [0.1, 0.15) is 28.8 Å².